The number of aliphatic hydroxyl groups excluding tert-OH is 3. The molecule has 0 heterocycles. The van der Waals surface area contributed by atoms with Gasteiger partial charge in [-0.05, 0) is 18.2 Å². The number of nitrogens with two attached hydrogens (primary N) is 4. The average Bonchev–Trinajstić information content (AvgIpc) is 2.61. The number of rotatable bonds is 8. The van der Waals surface area contributed by atoms with E-state index < -0.39 is 23.1 Å². The summed E-state index contributed by atoms with van der Waals surface area (Å²) in [6.07, 6.45) is 3.17. The monoisotopic (exact) mass is 364 g/mol. The summed E-state index contributed by atoms with van der Waals surface area (Å²) in [5.41, 5.74) is 12.6. The van der Waals surface area contributed by atoms with E-state index in [9.17, 15) is 14.4 Å². The first-order chi connectivity index (χ1) is 11.6. The molecule has 0 saturated heterocycles. The highest BCUT2D eigenvalue weighted by molar-refractivity contribution is 5.85. The molecule has 0 bridgehead atoms. The number of primary amides is 3. The van der Waals surface area contributed by atoms with Crippen molar-refractivity contribution in [2.75, 3.05) is 26.4 Å². The molecule has 25 heavy (non-hydrogen) atoms. The van der Waals surface area contributed by atoms with Gasteiger partial charge in [0.2, 0.25) is 17.7 Å². The molecule has 0 saturated carbocycles. The van der Waals surface area contributed by atoms with E-state index >= 15 is 0 Å². The van der Waals surface area contributed by atoms with Crippen LogP contribution in [0.1, 0.15) is 0 Å². The molecule has 0 aromatic carbocycles. The van der Waals surface area contributed by atoms with Gasteiger partial charge in [0.25, 0.3) is 0 Å². The second kappa shape index (κ2) is 21.4. The fraction of sp³-hybridized carbons (Fsp3) is 0.357. The van der Waals surface area contributed by atoms with E-state index in [2.05, 4.69) is 41.8 Å². The Kier molecular flexibility index (Phi) is 26.0. The van der Waals surface area contributed by atoms with Crippen molar-refractivity contribution in [1.29, 1.82) is 0 Å². The van der Waals surface area contributed by atoms with Crippen LogP contribution in [0.2, 0.25) is 0 Å². The molecule has 0 atom stereocenters. The third-order valence-corrected chi connectivity index (χ3v) is 2.00. The van der Waals surface area contributed by atoms with Crippen molar-refractivity contribution in [3.63, 3.8) is 0 Å². The SMILES string of the molecule is C=CC(N)=O.C=CC(N)=O.C=CC(N)=O.NOCC(CO)(CO)CO. The summed E-state index contributed by atoms with van der Waals surface area (Å²) >= 11 is 0. The Morgan fingerprint density at radius 1 is 0.800 bits per heavy atom. The average molecular weight is 364 g/mol. The summed E-state index contributed by atoms with van der Waals surface area (Å²) in [4.78, 5) is 32.6. The van der Waals surface area contributed by atoms with Gasteiger partial charge in [-0.3, -0.25) is 14.4 Å². The van der Waals surface area contributed by atoms with Crippen molar-refractivity contribution < 1.29 is 34.5 Å². The summed E-state index contributed by atoms with van der Waals surface area (Å²) in [6, 6.07) is 0. The first-order valence-corrected chi connectivity index (χ1v) is 6.46. The maximum absolute atomic E-state index is 9.47. The molecule has 0 aliphatic heterocycles. The Bertz CT molecular complexity index is 359. The van der Waals surface area contributed by atoms with Crippen LogP contribution < -0.4 is 23.1 Å². The first kappa shape index (κ1) is 30.3. The molecule has 0 rings (SSSR count). The highest BCUT2D eigenvalue weighted by Crippen LogP contribution is 2.13. The Morgan fingerprint density at radius 2 is 1.00 bits per heavy atom. The zero-order valence-corrected chi connectivity index (χ0v) is 14.0. The summed E-state index contributed by atoms with van der Waals surface area (Å²) in [5, 5.41) is 26.0. The molecule has 0 unspecified atom stereocenters. The van der Waals surface area contributed by atoms with Gasteiger partial charge in [0.1, 0.15) is 0 Å². The molecular formula is C14H28N4O7. The van der Waals surface area contributed by atoms with Crippen LogP contribution >= 0.6 is 0 Å². The number of aliphatic hydroxyl groups is 3. The van der Waals surface area contributed by atoms with E-state index in [1.54, 1.807) is 0 Å². The maximum Gasteiger partial charge on any atom is 0.240 e. The number of carbonyl (C=O) groups excluding carboxylic acids is 3. The lowest BCUT2D eigenvalue weighted by Gasteiger charge is -2.25. The highest BCUT2D eigenvalue weighted by Gasteiger charge is 2.28. The van der Waals surface area contributed by atoms with E-state index in [1.165, 1.54) is 0 Å². The molecule has 0 spiro atoms. The zero-order chi connectivity index (χ0) is 20.9. The fourth-order valence-corrected chi connectivity index (χ4v) is 0.464. The molecule has 0 aromatic rings. The summed E-state index contributed by atoms with van der Waals surface area (Å²) in [5.74, 6) is 3.26. The van der Waals surface area contributed by atoms with Crippen molar-refractivity contribution in [2.24, 2.45) is 28.5 Å². The largest absolute Gasteiger partial charge is 0.396 e. The van der Waals surface area contributed by atoms with E-state index in [4.69, 9.17) is 21.2 Å². The van der Waals surface area contributed by atoms with Gasteiger partial charge < -0.3 is 37.4 Å². The summed E-state index contributed by atoms with van der Waals surface area (Å²) < 4.78 is 0. The van der Waals surface area contributed by atoms with Crippen molar-refractivity contribution in [1.82, 2.24) is 0 Å². The number of hydrogen-bond donors (Lipinski definition) is 7. The van der Waals surface area contributed by atoms with Gasteiger partial charge in [-0.2, -0.15) is 0 Å². The minimum atomic E-state index is -1.01. The summed E-state index contributed by atoms with van der Waals surface area (Å²) in [6.45, 7) is 8.15. The summed E-state index contributed by atoms with van der Waals surface area (Å²) in [7, 11) is 0. The van der Waals surface area contributed by atoms with Gasteiger partial charge in [-0.25, -0.2) is 5.90 Å². The van der Waals surface area contributed by atoms with E-state index in [-0.39, 0.29) is 26.4 Å². The maximum atomic E-state index is 9.47. The Labute approximate surface area is 146 Å². The molecule has 0 aromatic heterocycles. The van der Waals surface area contributed by atoms with Crippen LogP contribution in [-0.2, 0) is 19.2 Å². The lowest BCUT2D eigenvalue weighted by atomic mass is 9.93. The standard InChI is InChI=1S/C5H13NO4.3C3H5NO/c6-10-4-5(1-7,2-8)3-9;3*1-2-3(4)5/h7-9H,1-4,6H2;3*2H,1H2,(H2,4,5). The van der Waals surface area contributed by atoms with Crippen LogP contribution in [0, 0.1) is 5.41 Å². The number of amides is 3. The molecule has 0 fully saturated rings. The van der Waals surface area contributed by atoms with Crippen LogP contribution in [0.4, 0.5) is 0 Å². The molecule has 3 amide bonds. The lowest BCUT2D eigenvalue weighted by Crippen LogP contribution is -2.39. The third-order valence-electron chi connectivity index (χ3n) is 2.00. The predicted octanol–water partition coefficient (Wildman–Crippen LogP) is -3.19. The predicted molar refractivity (Wildman–Crippen MR) is 92.0 cm³/mol. The van der Waals surface area contributed by atoms with Gasteiger partial charge in [-0.15, -0.1) is 0 Å². The second-order valence-corrected chi connectivity index (χ2v) is 4.10. The molecule has 0 aliphatic rings. The molecule has 0 aliphatic carbocycles. The van der Waals surface area contributed by atoms with Crippen molar-refractivity contribution in [3.05, 3.63) is 38.0 Å². The molecule has 11 N–H and O–H groups in total. The molecule has 0 radical (unpaired) electrons. The number of hydrogen-bond acceptors (Lipinski definition) is 8. The molecule has 146 valence electrons. The van der Waals surface area contributed by atoms with Gasteiger partial charge in [0.15, 0.2) is 0 Å². The molecular weight excluding hydrogens is 336 g/mol. The fourth-order valence-electron chi connectivity index (χ4n) is 0.464. The van der Waals surface area contributed by atoms with Crippen molar-refractivity contribution >= 4 is 17.7 Å². The molecule has 11 nitrogen and oxygen atoms in total. The van der Waals surface area contributed by atoms with Crippen LogP contribution in [0.5, 0.6) is 0 Å². The van der Waals surface area contributed by atoms with Crippen LogP contribution in [0.3, 0.4) is 0 Å². The normalized spacial score (nSPS) is 8.64. The molecule has 11 heteroatoms. The van der Waals surface area contributed by atoms with Gasteiger partial charge in [0.05, 0.1) is 31.8 Å². The zero-order valence-electron chi connectivity index (χ0n) is 14.0. The quantitative estimate of drug-likeness (QED) is 0.171. The first-order valence-electron chi connectivity index (χ1n) is 6.46. The van der Waals surface area contributed by atoms with E-state index in [1.807, 2.05) is 0 Å². The minimum absolute atomic E-state index is 0.0590. The highest BCUT2D eigenvalue weighted by atomic mass is 16.6. The third kappa shape index (κ3) is 30.0. The van der Waals surface area contributed by atoms with Crippen LogP contribution in [0.25, 0.3) is 0 Å². The van der Waals surface area contributed by atoms with Gasteiger partial charge in [-0.1, -0.05) is 19.7 Å². The van der Waals surface area contributed by atoms with Crippen LogP contribution in [-0.4, -0.2) is 59.5 Å². The second-order valence-electron chi connectivity index (χ2n) is 4.10. The Balaban J connectivity index is -0.000000126. The topological polar surface area (TPSA) is 225 Å². The van der Waals surface area contributed by atoms with Crippen molar-refractivity contribution in [2.45, 2.75) is 0 Å². The minimum Gasteiger partial charge on any atom is -0.396 e. The lowest BCUT2D eigenvalue weighted by molar-refractivity contribution is -0.114. The Hall–Kier alpha value is -2.57. The smallest absolute Gasteiger partial charge is 0.240 e. The van der Waals surface area contributed by atoms with Crippen molar-refractivity contribution in [3.8, 4) is 0 Å². The Morgan fingerprint density at radius 3 is 1.04 bits per heavy atom. The van der Waals surface area contributed by atoms with E-state index in [0.29, 0.717) is 0 Å². The number of carbonyl (C=O) groups is 3. The van der Waals surface area contributed by atoms with Gasteiger partial charge in [0, 0.05) is 0 Å². The van der Waals surface area contributed by atoms with Crippen LogP contribution in [0.15, 0.2) is 38.0 Å². The van der Waals surface area contributed by atoms with E-state index in [0.717, 1.165) is 18.2 Å². The van der Waals surface area contributed by atoms with Gasteiger partial charge >= 0.3 is 0 Å².